The molecule has 0 radical (unpaired) electrons. The summed E-state index contributed by atoms with van der Waals surface area (Å²) in [5.74, 6) is -1.45. The van der Waals surface area contributed by atoms with Crippen LogP contribution in [0.1, 0.15) is 49.8 Å². The van der Waals surface area contributed by atoms with E-state index in [2.05, 4.69) is 5.32 Å². The van der Waals surface area contributed by atoms with E-state index in [9.17, 15) is 27.9 Å². The van der Waals surface area contributed by atoms with Crippen LogP contribution in [0, 0.1) is 11.3 Å². The summed E-state index contributed by atoms with van der Waals surface area (Å²) in [6, 6.07) is 14.2. The third-order valence-electron chi connectivity index (χ3n) is 7.57. The average Bonchev–Trinajstić information content (AvgIpc) is 2.95. The van der Waals surface area contributed by atoms with E-state index in [1.54, 1.807) is 23.1 Å². The van der Waals surface area contributed by atoms with Gasteiger partial charge in [0.25, 0.3) is 0 Å². The Morgan fingerprint density at radius 1 is 1.02 bits per heavy atom. The van der Waals surface area contributed by atoms with Crippen molar-refractivity contribution in [2.75, 3.05) is 19.6 Å². The minimum Gasteiger partial charge on any atom is -0.391 e. The van der Waals surface area contributed by atoms with Crippen molar-refractivity contribution in [3.05, 3.63) is 95.1 Å². The highest BCUT2D eigenvalue weighted by atomic mass is 19.4. The molecule has 1 aliphatic rings. The predicted molar refractivity (Wildman–Crippen MR) is 153 cm³/mol. The molecule has 0 aromatic heterocycles. The van der Waals surface area contributed by atoms with Crippen molar-refractivity contribution in [1.29, 1.82) is 0 Å². The zero-order valence-electron chi connectivity index (χ0n) is 23.7. The number of nitrogens with zero attached hydrogens (tertiary/aromatic N) is 1. The maximum absolute atomic E-state index is 13.5. The van der Waals surface area contributed by atoms with Crippen LogP contribution >= 0.6 is 0 Å². The zero-order valence-corrected chi connectivity index (χ0v) is 23.7. The average molecular weight is 572 g/mol. The lowest BCUT2D eigenvalue weighted by Crippen LogP contribution is -2.51. The fraction of sp³-hybridized carbons (Fsp3) is 0.438. The lowest BCUT2D eigenvalue weighted by atomic mass is 9.64. The fourth-order valence-electron chi connectivity index (χ4n) is 5.43. The van der Waals surface area contributed by atoms with Crippen LogP contribution in [0.3, 0.4) is 0 Å². The highest BCUT2D eigenvalue weighted by Gasteiger charge is 2.47. The first-order valence-electron chi connectivity index (χ1n) is 14.1. The molecule has 0 fully saturated rings. The van der Waals surface area contributed by atoms with Crippen molar-refractivity contribution in [2.45, 2.75) is 58.4 Å². The first-order valence-corrected chi connectivity index (χ1v) is 14.1. The number of allylic oxidation sites excluding steroid dienone is 2. The molecule has 222 valence electrons. The molecule has 4 N–H and O–H groups in total. The van der Waals surface area contributed by atoms with E-state index in [-0.39, 0.29) is 25.4 Å². The van der Waals surface area contributed by atoms with Gasteiger partial charge < -0.3 is 21.1 Å². The number of halogens is 3. The second-order valence-corrected chi connectivity index (χ2v) is 10.6. The summed E-state index contributed by atoms with van der Waals surface area (Å²) in [7, 11) is 0. The van der Waals surface area contributed by atoms with Crippen molar-refractivity contribution >= 4 is 11.8 Å². The summed E-state index contributed by atoms with van der Waals surface area (Å²) in [5.41, 5.74) is 5.99. The first kappa shape index (κ1) is 32.1. The molecule has 0 bridgehead atoms. The Morgan fingerprint density at radius 3 is 2.22 bits per heavy atom. The van der Waals surface area contributed by atoms with Gasteiger partial charge in [-0.05, 0) is 48.9 Å². The summed E-state index contributed by atoms with van der Waals surface area (Å²) in [6.07, 6.45) is 1.62. The summed E-state index contributed by atoms with van der Waals surface area (Å²) in [6.45, 7) is 5.49. The third-order valence-corrected chi connectivity index (χ3v) is 7.57. The van der Waals surface area contributed by atoms with Crippen LogP contribution in [0.25, 0.3) is 0 Å². The summed E-state index contributed by atoms with van der Waals surface area (Å²) in [4.78, 5) is 28.5. The van der Waals surface area contributed by atoms with Gasteiger partial charge in [-0.25, -0.2) is 0 Å². The van der Waals surface area contributed by atoms with Crippen LogP contribution in [0.2, 0.25) is 0 Å². The van der Waals surface area contributed by atoms with Gasteiger partial charge >= 0.3 is 6.18 Å². The van der Waals surface area contributed by atoms with Crippen LogP contribution in [-0.2, 0) is 28.7 Å². The molecule has 0 saturated carbocycles. The molecule has 9 heteroatoms. The van der Waals surface area contributed by atoms with Gasteiger partial charge in [-0.3, -0.25) is 9.59 Å². The number of carbonyl (C=O) groups is 2. The van der Waals surface area contributed by atoms with Gasteiger partial charge in [0, 0.05) is 37.7 Å². The van der Waals surface area contributed by atoms with E-state index in [4.69, 9.17) is 5.73 Å². The molecule has 0 spiro atoms. The number of amides is 2. The third kappa shape index (κ3) is 8.30. The molecule has 41 heavy (non-hydrogen) atoms. The van der Waals surface area contributed by atoms with Gasteiger partial charge in [-0.2, -0.15) is 13.2 Å². The SMILES string of the molecule is CCCN(CCC)C(=O)C1=CC=CC(C(N)=O)([C@H](Cc2ccccc2)[C@@H](O)CNCc2ccc(C(F)(F)F)cc2)C1. The number of primary amides is 1. The van der Waals surface area contributed by atoms with Gasteiger partial charge in [0.2, 0.25) is 11.8 Å². The molecule has 1 aliphatic carbocycles. The van der Waals surface area contributed by atoms with Crippen LogP contribution in [0.15, 0.2) is 78.4 Å². The van der Waals surface area contributed by atoms with Gasteiger partial charge in [0.05, 0.1) is 17.1 Å². The summed E-state index contributed by atoms with van der Waals surface area (Å²) in [5, 5.41) is 14.6. The van der Waals surface area contributed by atoms with Gasteiger partial charge in [-0.1, -0.05) is 74.5 Å². The maximum Gasteiger partial charge on any atom is 0.416 e. The van der Waals surface area contributed by atoms with Crippen LogP contribution in [0.4, 0.5) is 13.2 Å². The van der Waals surface area contributed by atoms with Crippen molar-refractivity contribution in [3.8, 4) is 0 Å². The van der Waals surface area contributed by atoms with Crippen molar-refractivity contribution in [3.63, 3.8) is 0 Å². The largest absolute Gasteiger partial charge is 0.416 e. The smallest absolute Gasteiger partial charge is 0.391 e. The van der Waals surface area contributed by atoms with E-state index < -0.39 is 35.1 Å². The topological polar surface area (TPSA) is 95.7 Å². The Labute approximate surface area is 240 Å². The Balaban J connectivity index is 1.84. The highest BCUT2D eigenvalue weighted by molar-refractivity contribution is 5.96. The molecule has 1 unspecified atom stereocenters. The molecule has 2 aromatic carbocycles. The number of hydrogen-bond donors (Lipinski definition) is 3. The molecular formula is C32H40F3N3O3. The number of rotatable bonds is 14. The number of nitrogens with one attached hydrogen (secondary N) is 1. The lowest BCUT2D eigenvalue weighted by Gasteiger charge is -2.41. The minimum atomic E-state index is -4.41. The van der Waals surface area contributed by atoms with E-state index in [0.717, 1.165) is 30.5 Å². The number of nitrogens with two attached hydrogens (primary N) is 1. The van der Waals surface area contributed by atoms with Crippen molar-refractivity contribution in [1.82, 2.24) is 10.2 Å². The molecule has 2 aromatic rings. The normalized spacial score (nSPS) is 18.4. The number of benzene rings is 2. The quantitative estimate of drug-likeness (QED) is 0.297. The summed E-state index contributed by atoms with van der Waals surface area (Å²) >= 11 is 0. The Morgan fingerprint density at radius 2 is 1.66 bits per heavy atom. The molecule has 0 saturated heterocycles. The molecule has 3 rings (SSSR count). The van der Waals surface area contributed by atoms with Crippen LogP contribution in [-0.4, -0.2) is 47.6 Å². The van der Waals surface area contributed by atoms with Crippen LogP contribution < -0.4 is 11.1 Å². The van der Waals surface area contributed by atoms with Crippen molar-refractivity contribution < 1.29 is 27.9 Å². The van der Waals surface area contributed by atoms with Gasteiger partial charge in [0.15, 0.2) is 0 Å². The van der Waals surface area contributed by atoms with Crippen molar-refractivity contribution in [2.24, 2.45) is 17.1 Å². The number of aliphatic hydroxyl groups excluding tert-OH is 1. The highest BCUT2D eigenvalue weighted by Crippen LogP contribution is 2.43. The van der Waals surface area contributed by atoms with E-state index in [0.29, 0.717) is 30.6 Å². The second-order valence-electron chi connectivity index (χ2n) is 10.6. The zero-order chi connectivity index (χ0) is 30.0. The van der Waals surface area contributed by atoms with E-state index >= 15 is 0 Å². The predicted octanol–water partition coefficient (Wildman–Crippen LogP) is 5.02. The molecule has 0 heterocycles. The molecule has 0 aliphatic heterocycles. The second kappa shape index (κ2) is 14.5. The lowest BCUT2D eigenvalue weighted by molar-refractivity contribution is -0.137. The number of hydrogen-bond acceptors (Lipinski definition) is 4. The summed E-state index contributed by atoms with van der Waals surface area (Å²) < 4.78 is 38.7. The Bertz CT molecular complexity index is 1210. The minimum absolute atomic E-state index is 0.0617. The number of aliphatic hydroxyl groups is 1. The van der Waals surface area contributed by atoms with Crippen LogP contribution in [0.5, 0.6) is 0 Å². The first-order chi connectivity index (χ1) is 19.5. The Hall–Kier alpha value is -3.43. The number of alkyl halides is 3. The van der Waals surface area contributed by atoms with E-state index in [1.807, 2.05) is 44.2 Å². The molecule has 2 amide bonds. The van der Waals surface area contributed by atoms with Gasteiger partial charge in [0.1, 0.15) is 0 Å². The molecule has 3 atom stereocenters. The monoisotopic (exact) mass is 571 g/mol. The molecule has 6 nitrogen and oxygen atoms in total. The Kier molecular flexibility index (Phi) is 11.3. The molecular weight excluding hydrogens is 531 g/mol. The maximum atomic E-state index is 13.5. The van der Waals surface area contributed by atoms with Gasteiger partial charge in [-0.15, -0.1) is 0 Å². The standard InChI is InChI=1S/C32H40F3N3O3/c1-3-17-38(18-4-2)29(40)25-11-8-16-31(20-25,30(36)41)27(19-23-9-6-5-7-10-23)28(39)22-37-21-24-12-14-26(15-13-24)32(33,34)35/h5-16,27-28,37,39H,3-4,17-22H2,1-2H3,(H2,36,41)/t27-,28+,31?/m1/s1. The van der Waals surface area contributed by atoms with E-state index in [1.165, 1.54) is 12.1 Å². The fourth-order valence-corrected chi connectivity index (χ4v) is 5.43. The number of carbonyl (C=O) groups excluding carboxylic acids is 2.